The van der Waals surface area contributed by atoms with Gasteiger partial charge in [-0.15, -0.1) is 0 Å². The van der Waals surface area contributed by atoms with Gasteiger partial charge in [-0.25, -0.2) is 0 Å². The van der Waals surface area contributed by atoms with E-state index in [-0.39, 0.29) is 5.91 Å². The highest BCUT2D eigenvalue weighted by Gasteiger charge is 2.42. The van der Waals surface area contributed by atoms with E-state index in [1.165, 1.54) is 38.5 Å². The molecule has 0 heterocycles. The summed E-state index contributed by atoms with van der Waals surface area (Å²) >= 11 is 0. The molecule has 2 aliphatic rings. The first-order valence-electron chi connectivity index (χ1n) is 7.24. The molecule has 0 radical (unpaired) electrons. The van der Waals surface area contributed by atoms with E-state index in [0.29, 0.717) is 12.0 Å². The van der Waals surface area contributed by atoms with Crippen molar-refractivity contribution in [3.05, 3.63) is 0 Å². The van der Waals surface area contributed by atoms with E-state index in [1.807, 2.05) is 0 Å². The van der Waals surface area contributed by atoms with E-state index in [1.54, 1.807) is 0 Å². The van der Waals surface area contributed by atoms with Crippen LogP contribution in [0.5, 0.6) is 0 Å². The third-order valence-electron chi connectivity index (χ3n) is 4.74. The lowest BCUT2D eigenvalue weighted by Gasteiger charge is -2.41. The summed E-state index contributed by atoms with van der Waals surface area (Å²) in [6.45, 7) is 2.22. The molecule has 0 aromatic heterocycles. The molecule has 2 atom stereocenters. The minimum Gasteiger partial charge on any atom is -0.368 e. The lowest BCUT2D eigenvalue weighted by molar-refractivity contribution is -0.127. The predicted molar refractivity (Wildman–Crippen MR) is 69.6 cm³/mol. The van der Waals surface area contributed by atoms with Crippen LogP contribution in [0.15, 0.2) is 0 Å². The van der Waals surface area contributed by atoms with E-state index in [4.69, 9.17) is 5.73 Å². The average molecular weight is 238 g/mol. The van der Waals surface area contributed by atoms with Crippen LogP contribution in [0.3, 0.4) is 0 Å². The lowest BCUT2D eigenvalue weighted by atomic mass is 9.74. The number of nitrogens with one attached hydrogen (secondary N) is 1. The molecule has 98 valence electrons. The summed E-state index contributed by atoms with van der Waals surface area (Å²) in [4.78, 5) is 11.9. The van der Waals surface area contributed by atoms with Crippen molar-refractivity contribution in [3.63, 3.8) is 0 Å². The van der Waals surface area contributed by atoms with Crippen molar-refractivity contribution in [3.8, 4) is 0 Å². The van der Waals surface area contributed by atoms with Gasteiger partial charge < -0.3 is 11.1 Å². The summed E-state index contributed by atoms with van der Waals surface area (Å²) < 4.78 is 0. The van der Waals surface area contributed by atoms with Crippen LogP contribution >= 0.6 is 0 Å². The third-order valence-corrected chi connectivity index (χ3v) is 4.74. The van der Waals surface area contributed by atoms with Gasteiger partial charge >= 0.3 is 0 Å². The Kier molecular flexibility index (Phi) is 4.08. The number of hydrogen-bond acceptors (Lipinski definition) is 2. The van der Waals surface area contributed by atoms with Crippen LogP contribution in [-0.4, -0.2) is 17.5 Å². The highest BCUT2D eigenvalue weighted by atomic mass is 16.1. The Morgan fingerprint density at radius 2 is 2.00 bits per heavy atom. The molecule has 2 rings (SSSR count). The molecule has 2 aliphatic carbocycles. The molecule has 3 heteroatoms. The Morgan fingerprint density at radius 1 is 1.29 bits per heavy atom. The normalized spacial score (nSPS) is 35.0. The fraction of sp³-hybridized carbons (Fsp3) is 0.929. The monoisotopic (exact) mass is 238 g/mol. The second kappa shape index (κ2) is 5.38. The predicted octanol–water partition coefficient (Wildman–Crippen LogP) is 2.34. The second-order valence-electron chi connectivity index (χ2n) is 5.94. The first-order chi connectivity index (χ1) is 8.16. The number of carbonyl (C=O) groups excluding carboxylic acids is 1. The van der Waals surface area contributed by atoms with E-state index >= 15 is 0 Å². The highest BCUT2D eigenvalue weighted by Crippen LogP contribution is 2.35. The number of carbonyl (C=O) groups is 1. The molecule has 0 aliphatic heterocycles. The van der Waals surface area contributed by atoms with E-state index in [9.17, 15) is 4.79 Å². The molecule has 1 amide bonds. The van der Waals surface area contributed by atoms with Crippen molar-refractivity contribution in [1.82, 2.24) is 5.32 Å². The first-order valence-corrected chi connectivity index (χ1v) is 7.24. The summed E-state index contributed by atoms with van der Waals surface area (Å²) in [5.74, 6) is 0.549. The molecule has 17 heavy (non-hydrogen) atoms. The van der Waals surface area contributed by atoms with E-state index < -0.39 is 5.54 Å². The fourth-order valence-electron chi connectivity index (χ4n) is 3.62. The van der Waals surface area contributed by atoms with Crippen LogP contribution in [0, 0.1) is 5.92 Å². The number of amides is 1. The number of rotatable bonds is 4. The van der Waals surface area contributed by atoms with E-state index in [2.05, 4.69) is 12.2 Å². The van der Waals surface area contributed by atoms with Crippen LogP contribution < -0.4 is 11.1 Å². The Labute approximate surface area is 105 Å². The summed E-state index contributed by atoms with van der Waals surface area (Å²) in [6.07, 6.45) is 10.5. The molecule has 0 aromatic carbocycles. The topological polar surface area (TPSA) is 55.1 Å². The van der Waals surface area contributed by atoms with Crippen LogP contribution in [0.2, 0.25) is 0 Å². The van der Waals surface area contributed by atoms with Gasteiger partial charge in [0, 0.05) is 6.04 Å². The summed E-state index contributed by atoms with van der Waals surface area (Å²) in [5, 5.41) is 3.62. The fourth-order valence-corrected chi connectivity index (χ4v) is 3.62. The maximum atomic E-state index is 11.9. The molecular formula is C14H26N2O. The largest absolute Gasteiger partial charge is 0.368 e. The summed E-state index contributed by atoms with van der Waals surface area (Å²) in [5.41, 5.74) is 5.30. The lowest BCUT2D eigenvalue weighted by Crippen LogP contribution is -2.60. The second-order valence-corrected chi connectivity index (χ2v) is 5.94. The molecule has 0 bridgehead atoms. The van der Waals surface area contributed by atoms with Gasteiger partial charge in [0.15, 0.2) is 0 Å². The minimum absolute atomic E-state index is 0.123. The Balaban J connectivity index is 2.05. The summed E-state index contributed by atoms with van der Waals surface area (Å²) in [7, 11) is 0. The first kappa shape index (κ1) is 12.9. The molecule has 2 saturated carbocycles. The van der Waals surface area contributed by atoms with Gasteiger partial charge in [0.05, 0.1) is 5.54 Å². The molecule has 3 N–H and O–H groups in total. The van der Waals surface area contributed by atoms with Crippen molar-refractivity contribution >= 4 is 5.91 Å². The van der Waals surface area contributed by atoms with Crippen molar-refractivity contribution in [2.45, 2.75) is 76.3 Å². The molecule has 3 nitrogen and oxygen atoms in total. The molecular weight excluding hydrogens is 212 g/mol. The van der Waals surface area contributed by atoms with Crippen LogP contribution in [0.1, 0.15) is 64.7 Å². The van der Waals surface area contributed by atoms with Crippen molar-refractivity contribution < 1.29 is 4.79 Å². The SMILES string of the molecule is CCC1CCCC(NC2CCCC2)(C(N)=O)C1. The van der Waals surface area contributed by atoms with Gasteiger partial charge in [0.1, 0.15) is 0 Å². The van der Waals surface area contributed by atoms with Crippen LogP contribution in [0.25, 0.3) is 0 Å². The number of primary amides is 1. The van der Waals surface area contributed by atoms with Crippen molar-refractivity contribution in [2.24, 2.45) is 11.7 Å². The van der Waals surface area contributed by atoms with Gasteiger partial charge in [-0.3, -0.25) is 4.79 Å². The number of hydrogen-bond donors (Lipinski definition) is 2. The zero-order chi connectivity index (χ0) is 12.3. The molecule has 2 unspecified atom stereocenters. The van der Waals surface area contributed by atoms with Gasteiger partial charge in [0.25, 0.3) is 0 Å². The Morgan fingerprint density at radius 3 is 2.59 bits per heavy atom. The minimum atomic E-state index is -0.395. The van der Waals surface area contributed by atoms with Gasteiger partial charge in [-0.05, 0) is 31.6 Å². The smallest absolute Gasteiger partial charge is 0.237 e. The Bertz CT molecular complexity index is 273. The third kappa shape index (κ3) is 2.82. The molecule has 0 saturated heterocycles. The Hall–Kier alpha value is -0.570. The van der Waals surface area contributed by atoms with Crippen molar-refractivity contribution in [1.29, 1.82) is 0 Å². The standard InChI is InChI=1S/C14H26N2O/c1-2-11-6-5-9-14(10-11,13(15)17)16-12-7-3-4-8-12/h11-12,16H,2-10H2,1H3,(H2,15,17). The molecule has 0 spiro atoms. The zero-order valence-electron chi connectivity index (χ0n) is 11.0. The van der Waals surface area contributed by atoms with Gasteiger partial charge in [-0.1, -0.05) is 39.0 Å². The summed E-state index contributed by atoms with van der Waals surface area (Å²) in [6, 6.07) is 0.526. The highest BCUT2D eigenvalue weighted by molar-refractivity contribution is 5.84. The van der Waals surface area contributed by atoms with Crippen LogP contribution in [0.4, 0.5) is 0 Å². The van der Waals surface area contributed by atoms with E-state index in [0.717, 1.165) is 19.3 Å². The van der Waals surface area contributed by atoms with Crippen LogP contribution in [-0.2, 0) is 4.79 Å². The molecule has 2 fully saturated rings. The molecule has 0 aromatic rings. The van der Waals surface area contributed by atoms with Crippen molar-refractivity contribution in [2.75, 3.05) is 0 Å². The van der Waals surface area contributed by atoms with Gasteiger partial charge in [-0.2, -0.15) is 0 Å². The zero-order valence-corrected chi connectivity index (χ0v) is 11.0. The van der Waals surface area contributed by atoms with Gasteiger partial charge in [0.2, 0.25) is 5.91 Å². The average Bonchev–Trinajstić information content (AvgIpc) is 2.81. The maximum Gasteiger partial charge on any atom is 0.237 e. The maximum absolute atomic E-state index is 11.9. The number of nitrogens with two attached hydrogens (primary N) is 1. The quantitative estimate of drug-likeness (QED) is 0.790.